The number of carboxylic acid groups (broad SMARTS) is 1. The Morgan fingerprint density at radius 3 is 1.96 bits per heavy atom. The number of hydrogen-bond acceptors (Lipinski definition) is 8. The smallest absolute Gasteiger partial charge is 0.330 e. The topological polar surface area (TPSA) is 130 Å². The molecule has 0 aromatic carbocycles. The molecule has 0 saturated heterocycles. The van der Waals surface area contributed by atoms with Crippen molar-refractivity contribution in [2.75, 3.05) is 66.0 Å². The van der Waals surface area contributed by atoms with Crippen LogP contribution in [-0.4, -0.2) is 89.0 Å². The summed E-state index contributed by atoms with van der Waals surface area (Å²) >= 11 is 0. The standard InChI is InChI=1S/C15H25NO9/c1-2-15(20)25-10-9-23-8-7-22-6-5-21-4-3-16-13(17)11-24-12-14(18)19/h2H,1,3-12H2,(H,16,17)(H,18,19). The Balaban J connectivity index is 3.18. The second-order valence-corrected chi connectivity index (χ2v) is 4.45. The average Bonchev–Trinajstić information content (AvgIpc) is 2.58. The first-order chi connectivity index (χ1) is 12.1. The Hall–Kier alpha value is -2.01. The van der Waals surface area contributed by atoms with Crippen molar-refractivity contribution in [3.8, 4) is 0 Å². The van der Waals surface area contributed by atoms with E-state index in [0.29, 0.717) is 39.6 Å². The normalized spacial score (nSPS) is 10.2. The molecular weight excluding hydrogens is 338 g/mol. The molecule has 10 nitrogen and oxygen atoms in total. The molecule has 0 fully saturated rings. The van der Waals surface area contributed by atoms with Gasteiger partial charge in [0.2, 0.25) is 5.91 Å². The molecule has 0 radical (unpaired) electrons. The summed E-state index contributed by atoms with van der Waals surface area (Å²) in [7, 11) is 0. The van der Waals surface area contributed by atoms with E-state index in [0.717, 1.165) is 6.08 Å². The summed E-state index contributed by atoms with van der Waals surface area (Å²) in [6, 6.07) is 0. The minimum Gasteiger partial charge on any atom is -0.480 e. The van der Waals surface area contributed by atoms with E-state index >= 15 is 0 Å². The predicted octanol–water partition coefficient (Wildman–Crippen LogP) is -1.02. The van der Waals surface area contributed by atoms with Gasteiger partial charge in [0.15, 0.2) is 0 Å². The maximum Gasteiger partial charge on any atom is 0.330 e. The van der Waals surface area contributed by atoms with E-state index in [1.165, 1.54) is 0 Å². The number of carbonyl (C=O) groups excluding carboxylic acids is 2. The summed E-state index contributed by atoms with van der Waals surface area (Å²) in [4.78, 5) is 32.1. The Labute approximate surface area is 146 Å². The molecule has 0 aliphatic carbocycles. The average molecular weight is 363 g/mol. The van der Waals surface area contributed by atoms with E-state index in [-0.39, 0.29) is 19.8 Å². The van der Waals surface area contributed by atoms with Gasteiger partial charge < -0.3 is 34.1 Å². The van der Waals surface area contributed by atoms with Crippen molar-refractivity contribution in [2.24, 2.45) is 0 Å². The maximum absolute atomic E-state index is 11.2. The van der Waals surface area contributed by atoms with Crippen LogP contribution in [0.25, 0.3) is 0 Å². The summed E-state index contributed by atoms with van der Waals surface area (Å²) in [5.41, 5.74) is 0. The lowest BCUT2D eigenvalue weighted by Crippen LogP contribution is -2.31. The zero-order chi connectivity index (χ0) is 18.8. The van der Waals surface area contributed by atoms with Gasteiger partial charge in [-0.15, -0.1) is 0 Å². The number of esters is 1. The summed E-state index contributed by atoms with van der Waals surface area (Å²) < 4.78 is 25.0. The van der Waals surface area contributed by atoms with Crippen LogP contribution >= 0.6 is 0 Å². The van der Waals surface area contributed by atoms with Crippen molar-refractivity contribution in [1.82, 2.24) is 5.32 Å². The van der Waals surface area contributed by atoms with Gasteiger partial charge in [-0.3, -0.25) is 4.79 Å². The lowest BCUT2D eigenvalue weighted by Gasteiger charge is -2.08. The highest BCUT2D eigenvalue weighted by atomic mass is 16.6. The maximum atomic E-state index is 11.2. The van der Waals surface area contributed by atoms with Gasteiger partial charge in [0.25, 0.3) is 0 Å². The van der Waals surface area contributed by atoms with E-state index in [4.69, 9.17) is 24.1 Å². The molecule has 1 amide bonds. The van der Waals surface area contributed by atoms with Gasteiger partial charge in [0.1, 0.15) is 19.8 Å². The third kappa shape index (κ3) is 18.2. The van der Waals surface area contributed by atoms with E-state index < -0.39 is 24.5 Å². The molecule has 0 rings (SSSR count). The number of amides is 1. The fourth-order valence-electron chi connectivity index (χ4n) is 1.35. The Morgan fingerprint density at radius 1 is 0.840 bits per heavy atom. The highest BCUT2D eigenvalue weighted by Crippen LogP contribution is 1.84. The largest absolute Gasteiger partial charge is 0.480 e. The van der Waals surface area contributed by atoms with Crippen LogP contribution < -0.4 is 5.32 Å². The number of rotatable bonds is 17. The first-order valence-electron chi connectivity index (χ1n) is 7.65. The number of carboxylic acids is 1. The summed E-state index contributed by atoms with van der Waals surface area (Å²) in [6.07, 6.45) is 1.09. The van der Waals surface area contributed by atoms with E-state index in [9.17, 15) is 14.4 Å². The second kappa shape index (κ2) is 16.8. The van der Waals surface area contributed by atoms with Crippen molar-refractivity contribution in [1.29, 1.82) is 0 Å². The summed E-state index contributed by atoms with van der Waals surface area (Å²) in [6.45, 7) is 5.01. The van der Waals surface area contributed by atoms with Crippen LogP contribution in [0, 0.1) is 0 Å². The zero-order valence-corrected chi connectivity index (χ0v) is 14.1. The fraction of sp³-hybridized carbons (Fsp3) is 0.667. The minimum atomic E-state index is -1.13. The van der Waals surface area contributed by atoms with Crippen molar-refractivity contribution in [3.05, 3.63) is 12.7 Å². The quantitative estimate of drug-likeness (QED) is 0.189. The summed E-state index contributed by atoms with van der Waals surface area (Å²) in [5, 5.41) is 10.8. The van der Waals surface area contributed by atoms with E-state index in [2.05, 4.69) is 16.6 Å². The lowest BCUT2D eigenvalue weighted by molar-refractivity contribution is -0.143. The van der Waals surface area contributed by atoms with E-state index in [1.807, 2.05) is 0 Å². The number of hydrogen-bond donors (Lipinski definition) is 2. The molecule has 0 spiro atoms. The first kappa shape index (κ1) is 23.0. The van der Waals surface area contributed by atoms with Crippen LogP contribution in [-0.2, 0) is 38.1 Å². The molecule has 0 aromatic rings. The van der Waals surface area contributed by atoms with Crippen molar-refractivity contribution < 1.29 is 43.2 Å². The molecule has 0 saturated carbocycles. The third-order valence-corrected chi connectivity index (χ3v) is 2.41. The summed E-state index contributed by atoms with van der Waals surface area (Å²) in [5.74, 6) is -2.02. The minimum absolute atomic E-state index is 0.168. The van der Waals surface area contributed by atoms with Crippen LogP contribution in [0.3, 0.4) is 0 Å². The van der Waals surface area contributed by atoms with Gasteiger partial charge in [-0.05, 0) is 0 Å². The Kier molecular flexibility index (Phi) is 15.5. The van der Waals surface area contributed by atoms with E-state index in [1.54, 1.807) is 0 Å². The number of ether oxygens (including phenoxy) is 5. The Morgan fingerprint density at radius 2 is 1.40 bits per heavy atom. The third-order valence-electron chi connectivity index (χ3n) is 2.41. The van der Waals surface area contributed by atoms with Gasteiger partial charge in [0, 0.05) is 12.6 Å². The number of carbonyl (C=O) groups is 3. The molecule has 2 N–H and O–H groups in total. The zero-order valence-electron chi connectivity index (χ0n) is 14.1. The van der Waals surface area contributed by atoms with Crippen LogP contribution in [0.1, 0.15) is 0 Å². The van der Waals surface area contributed by atoms with Crippen molar-refractivity contribution >= 4 is 17.8 Å². The molecule has 0 atom stereocenters. The second-order valence-electron chi connectivity index (χ2n) is 4.45. The lowest BCUT2D eigenvalue weighted by atomic mass is 10.6. The van der Waals surface area contributed by atoms with Crippen LogP contribution in [0.4, 0.5) is 0 Å². The highest BCUT2D eigenvalue weighted by Gasteiger charge is 2.02. The van der Waals surface area contributed by atoms with Gasteiger partial charge in [-0.25, -0.2) is 9.59 Å². The molecule has 0 heterocycles. The fourth-order valence-corrected chi connectivity index (χ4v) is 1.35. The van der Waals surface area contributed by atoms with Crippen LogP contribution in [0.2, 0.25) is 0 Å². The van der Waals surface area contributed by atoms with Gasteiger partial charge in [0.05, 0.1) is 39.6 Å². The Bertz CT molecular complexity index is 400. The van der Waals surface area contributed by atoms with Gasteiger partial charge in [-0.1, -0.05) is 6.58 Å². The SMILES string of the molecule is C=CC(=O)OCCOCCOCCOCCNC(=O)COCC(=O)O. The first-order valence-corrected chi connectivity index (χ1v) is 7.65. The van der Waals surface area contributed by atoms with Crippen LogP contribution in [0.15, 0.2) is 12.7 Å². The predicted molar refractivity (Wildman–Crippen MR) is 85.1 cm³/mol. The van der Waals surface area contributed by atoms with Gasteiger partial charge >= 0.3 is 11.9 Å². The molecule has 10 heteroatoms. The monoisotopic (exact) mass is 363 g/mol. The molecule has 0 bridgehead atoms. The molecule has 0 aliphatic heterocycles. The molecule has 25 heavy (non-hydrogen) atoms. The molecule has 0 aromatic heterocycles. The number of nitrogens with one attached hydrogen (secondary N) is 1. The van der Waals surface area contributed by atoms with Gasteiger partial charge in [-0.2, -0.15) is 0 Å². The van der Waals surface area contributed by atoms with Crippen molar-refractivity contribution in [2.45, 2.75) is 0 Å². The molecule has 144 valence electrons. The van der Waals surface area contributed by atoms with Crippen molar-refractivity contribution in [3.63, 3.8) is 0 Å². The van der Waals surface area contributed by atoms with Crippen LogP contribution in [0.5, 0.6) is 0 Å². The molecule has 0 aliphatic rings. The highest BCUT2D eigenvalue weighted by molar-refractivity contribution is 5.81. The molecule has 0 unspecified atom stereocenters. The molecular formula is C15H25NO9. The number of aliphatic carboxylic acids is 1.